The predicted octanol–water partition coefficient (Wildman–Crippen LogP) is 9.02. The Bertz CT molecular complexity index is 1600. The lowest BCUT2D eigenvalue weighted by molar-refractivity contribution is -0.138. The van der Waals surface area contributed by atoms with Crippen LogP contribution in [0.3, 0.4) is 0 Å². The Labute approximate surface area is 253 Å². The van der Waals surface area contributed by atoms with E-state index in [1.165, 1.54) is 38.1 Å². The Hall–Kier alpha value is -3.60. The van der Waals surface area contributed by atoms with E-state index in [1.807, 2.05) is 0 Å². The van der Waals surface area contributed by atoms with Crippen LogP contribution in [0, 0.1) is 0 Å². The van der Waals surface area contributed by atoms with E-state index in [-0.39, 0.29) is 54.3 Å². The van der Waals surface area contributed by atoms with Gasteiger partial charge in [-0.15, -0.1) is 22.7 Å². The number of hydrogen-bond acceptors (Lipinski definition) is 6. The highest BCUT2D eigenvalue weighted by atomic mass is 32.2. The maximum atomic E-state index is 13.1. The molecule has 2 aromatic heterocycles. The third-order valence-corrected chi connectivity index (χ3v) is 8.64. The standard InChI is InChI=1S/C26H18F6N4O2S4/c1-11(37)20-18(35-23(39)33-15-7-3-5-13(9-15)25(27,28)29)17-19(21(12(2)38)42-22(17)41-20)36-24(40)34-16-8-4-6-14(10-16)26(30,31)32/h3-10H,1-2H3,(H2,33,35,39)(H2,34,36,40). The second-order valence-corrected chi connectivity index (χ2v) is 11.8. The van der Waals surface area contributed by atoms with Gasteiger partial charge in [0.25, 0.3) is 0 Å². The summed E-state index contributed by atoms with van der Waals surface area (Å²) >= 11 is 12.8. The average molecular weight is 661 g/mol. The molecular weight excluding hydrogens is 643 g/mol. The van der Waals surface area contributed by atoms with Crippen LogP contribution < -0.4 is 21.3 Å². The molecule has 4 rings (SSSR count). The zero-order valence-corrected chi connectivity index (χ0v) is 24.6. The maximum Gasteiger partial charge on any atom is 0.416 e. The molecule has 0 radical (unpaired) electrons. The van der Waals surface area contributed by atoms with Crippen molar-refractivity contribution < 1.29 is 35.9 Å². The highest BCUT2D eigenvalue weighted by Gasteiger charge is 2.32. The first-order valence-corrected chi connectivity index (χ1v) is 14.1. The van der Waals surface area contributed by atoms with Gasteiger partial charge >= 0.3 is 12.4 Å². The second-order valence-electron chi connectivity index (χ2n) is 8.70. The molecule has 2 aromatic carbocycles. The first-order chi connectivity index (χ1) is 19.5. The topological polar surface area (TPSA) is 82.3 Å². The minimum Gasteiger partial charge on any atom is -0.332 e. The van der Waals surface area contributed by atoms with E-state index in [2.05, 4.69) is 21.3 Å². The van der Waals surface area contributed by atoms with Crippen molar-refractivity contribution in [2.75, 3.05) is 21.3 Å². The van der Waals surface area contributed by atoms with E-state index in [0.29, 0.717) is 9.40 Å². The number of alkyl halides is 6. The number of carbonyl (C=O) groups excluding carboxylic acids is 2. The molecule has 0 atom stereocenters. The molecule has 0 fully saturated rings. The number of rotatable bonds is 6. The number of nitrogens with one attached hydrogen (secondary N) is 4. The van der Waals surface area contributed by atoms with Crippen LogP contribution in [0.5, 0.6) is 0 Å². The predicted molar refractivity (Wildman–Crippen MR) is 162 cm³/mol. The van der Waals surface area contributed by atoms with Crippen molar-refractivity contribution in [1.82, 2.24) is 0 Å². The Balaban J connectivity index is 1.68. The molecule has 0 saturated carbocycles. The van der Waals surface area contributed by atoms with Gasteiger partial charge in [0.2, 0.25) is 0 Å². The summed E-state index contributed by atoms with van der Waals surface area (Å²) in [5.41, 5.74) is -1.35. The third kappa shape index (κ3) is 7.06. The number of hydrogen-bond donors (Lipinski definition) is 4. The Morgan fingerprint density at radius 3 is 1.38 bits per heavy atom. The number of thiophene rings is 2. The second kappa shape index (κ2) is 11.9. The van der Waals surface area contributed by atoms with Gasteiger partial charge in [-0.2, -0.15) is 26.3 Å². The normalized spacial score (nSPS) is 11.7. The molecule has 4 aromatic rings. The lowest BCUT2D eigenvalue weighted by atomic mass is 10.2. The minimum absolute atomic E-state index is 0.0396. The molecule has 0 aliphatic carbocycles. The zero-order chi connectivity index (χ0) is 31.0. The first-order valence-electron chi connectivity index (χ1n) is 11.7. The molecule has 4 N–H and O–H groups in total. The van der Waals surface area contributed by atoms with Crippen LogP contribution in [-0.4, -0.2) is 21.8 Å². The summed E-state index contributed by atoms with van der Waals surface area (Å²) in [6.07, 6.45) is -9.15. The van der Waals surface area contributed by atoms with Crippen LogP contribution in [-0.2, 0) is 12.4 Å². The number of anilines is 4. The zero-order valence-electron chi connectivity index (χ0n) is 21.3. The SMILES string of the molecule is CC(=O)c1sc2sc(C(C)=O)c(NC(=S)Nc3cccc(C(F)(F)F)c3)c2c1NC(=S)Nc1cccc(C(F)(F)F)c1. The Kier molecular flexibility index (Phi) is 8.92. The molecule has 0 aliphatic heterocycles. The molecule has 2 heterocycles. The van der Waals surface area contributed by atoms with E-state index in [9.17, 15) is 35.9 Å². The number of halogens is 6. The molecule has 220 valence electrons. The quantitative estimate of drug-likeness (QED) is 0.0927. The van der Waals surface area contributed by atoms with Gasteiger partial charge in [-0.1, -0.05) is 12.1 Å². The smallest absolute Gasteiger partial charge is 0.332 e. The number of ketones is 2. The Morgan fingerprint density at radius 2 is 1.05 bits per heavy atom. The summed E-state index contributed by atoms with van der Waals surface area (Å²) in [7, 11) is 0. The molecule has 16 heteroatoms. The number of Topliss-reactive ketones (excluding diaryl/α,β-unsaturated/α-hetero) is 2. The first kappa shape index (κ1) is 31.3. The molecule has 0 spiro atoms. The van der Waals surface area contributed by atoms with Crippen molar-refractivity contribution in [1.29, 1.82) is 0 Å². The molecule has 0 amide bonds. The molecule has 0 unspecified atom stereocenters. The number of thiocarbonyl (C=S) groups is 2. The molecular formula is C26H18F6N4O2S4. The summed E-state index contributed by atoms with van der Waals surface area (Å²) in [5, 5.41) is 11.1. The van der Waals surface area contributed by atoms with Crippen molar-refractivity contribution in [2.24, 2.45) is 0 Å². The van der Waals surface area contributed by atoms with Crippen LogP contribution in [0.4, 0.5) is 49.1 Å². The van der Waals surface area contributed by atoms with Gasteiger partial charge in [0, 0.05) is 25.2 Å². The lowest BCUT2D eigenvalue weighted by Gasteiger charge is -2.15. The van der Waals surface area contributed by atoms with Gasteiger partial charge in [-0.25, -0.2) is 0 Å². The van der Waals surface area contributed by atoms with Crippen molar-refractivity contribution in [3.8, 4) is 0 Å². The highest BCUT2D eigenvalue weighted by Crippen LogP contribution is 2.48. The van der Waals surface area contributed by atoms with E-state index in [0.717, 1.165) is 46.9 Å². The van der Waals surface area contributed by atoms with Crippen molar-refractivity contribution >= 4 is 101 Å². The van der Waals surface area contributed by atoms with E-state index >= 15 is 0 Å². The maximum absolute atomic E-state index is 13.1. The minimum atomic E-state index is -4.57. The van der Waals surface area contributed by atoms with Crippen LogP contribution >= 0.6 is 47.1 Å². The fourth-order valence-electron chi connectivity index (χ4n) is 3.80. The summed E-state index contributed by atoms with van der Waals surface area (Å²) in [4.78, 5) is 25.5. The fourth-order valence-corrected chi connectivity index (χ4v) is 6.69. The molecule has 0 aliphatic rings. The van der Waals surface area contributed by atoms with Gasteiger partial charge in [-0.3, -0.25) is 9.59 Å². The number of benzene rings is 2. The van der Waals surface area contributed by atoms with Crippen molar-refractivity contribution in [3.05, 3.63) is 69.4 Å². The highest BCUT2D eigenvalue weighted by molar-refractivity contribution is 7.81. The molecule has 0 saturated heterocycles. The fraction of sp³-hybridized carbons (Fsp3) is 0.154. The summed E-state index contributed by atoms with van der Waals surface area (Å²) in [6, 6.07) is 8.70. The van der Waals surface area contributed by atoms with Crippen molar-refractivity contribution in [3.63, 3.8) is 0 Å². The Morgan fingerprint density at radius 1 is 0.667 bits per heavy atom. The molecule has 42 heavy (non-hydrogen) atoms. The van der Waals surface area contributed by atoms with Crippen LogP contribution in [0.15, 0.2) is 48.5 Å². The van der Waals surface area contributed by atoms with Crippen LogP contribution in [0.2, 0.25) is 0 Å². The van der Waals surface area contributed by atoms with Crippen LogP contribution in [0.25, 0.3) is 9.40 Å². The van der Waals surface area contributed by atoms with E-state index in [1.54, 1.807) is 0 Å². The van der Waals surface area contributed by atoms with Crippen molar-refractivity contribution in [2.45, 2.75) is 26.2 Å². The molecule has 6 nitrogen and oxygen atoms in total. The molecule has 0 bridgehead atoms. The van der Waals surface area contributed by atoms with Crippen LogP contribution in [0.1, 0.15) is 44.3 Å². The van der Waals surface area contributed by atoms with Gasteiger partial charge in [-0.05, 0) is 60.8 Å². The average Bonchev–Trinajstić information content (AvgIpc) is 3.40. The van der Waals surface area contributed by atoms with Gasteiger partial charge in [0.05, 0.1) is 41.7 Å². The van der Waals surface area contributed by atoms with E-state index < -0.39 is 23.5 Å². The van der Waals surface area contributed by atoms with E-state index in [4.69, 9.17) is 24.4 Å². The van der Waals surface area contributed by atoms with Gasteiger partial charge in [0.1, 0.15) is 0 Å². The summed E-state index contributed by atoms with van der Waals surface area (Å²) in [5.74, 6) is -0.708. The van der Waals surface area contributed by atoms with Gasteiger partial charge in [0.15, 0.2) is 21.8 Å². The number of fused-ring (bicyclic) bond motifs is 1. The van der Waals surface area contributed by atoms with Gasteiger partial charge < -0.3 is 21.3 Å². The lowest BCUT2D eigenvalue weighted by Crippen LogP contribution is -2.22. The monoisotopic (exact) mass is 660 g/mol. The third-order valence-electron chi connectivity index (χ3n) is 5.56. The number of carbonyl (C=O) groups is 2. The summed E-state index contributed by atoms with van der Waals surface area (Å²) in [6.45, 7) is 2.62. The summed E-state index contributed by atoms with van der Waals surface area (Å²) < 4.78 is 79.4. The largest absolute Gasteiger partial charge is 0.416 e.